The third-order valence-electron chi connectivity index (χ3n) is 4.61. The van der Waals surface area contributed by atoms with E-state index in [1.54, 1.807) is 19.1 Å². The third kappa shape index (κ3) is 2.74. The van der Waals surface area contributed by atoms with Crippen LogP contribution in [-0.2, 0) is 11.3 Å². The lowest BCUT2D eigenvalue weighted by Gasteiger charge is -2.17. The number of rotatable bonds is 4. The van der Waals surface area contributed by atoms with Crippen molar-refractivity contribution in [2.24, 2.45) is 0 Å². The van der Waals surface area contributed by atoms with Gasteiger partial charge in [0.25, 0.3) is 5.91 Å². The number of nitrogens with zero attached hydrogens (tertiary/aromatic N) is 1. The SMILES string of the molecule is COCc1c(C(=O)N(C)c2ccc3ccccc3c2)oc2ccccc12. The Morgan fingerprint density at radius 1 is 1.00 bits per heavy atom. The molecule has 26 heavy (non-hydrogen) atoms. The molecule has 0 saturated heterocycles. The zero-order valence-corrected chi connectivity index (χ0v) is 14.7. The number of amides is 1. The molecular formula is C22H19NO3. The van der Waals surface area contributed by atoms with Crippen LogP contribution < -0.4 is 4.90 Å². The Bertz CT molecular complexity index is 1100. The van der Waals surface area contributed by atoms with Gasteiger partial charge in [-0.15, -0.1) is 0 Å². The molecule has 0 aliphatic heterocycles. The lowest BCUT2D eigenvalue weighted by Crippen LogP contribution is -2.26. The quantitative estimate of drug-likeness (QED) is 0.522. The van der Waals surface area contributed by atoms with Crippen LogP contribution in [0.5, 0.6) is 0 Å². The van der Waals surface area contributed by atoms with E-state index in [0.29, 0.717) is 18.0 Å². The average molecular weight is 345 g/mol. The first-order valence-electron chi connectivity index (χ1n) is 8.45. The van der Waals surface area contributed by atoms with Crippen molar-refractivity contribution < 1.29 is 13.9 Å². The molecule has 4 rings (SSSR count). The van der Waals surface area contributed by atoms with Gasteiger partial charge in [-0.3, -0.25) is 4.79 Å². The summed E-state index contributed by atoms with van der Waals surface area (Å²) in [6.07, 6.45) is 0. The van der Waals surface area contributed by atoms with Crippen LogP contribution in [0.2, 0.25) is 0 Å². The smallest absolute Gasteiger partial charge is 0.294 e. The fourth-order valence-electron chi connectivity index (χ4n) is 3.21. The number of benzene rings is 3. The molecule has 0 bridgehead atoms. The Balaban J connectivity index is 1.76. The maximum absolute atomic E-state index is 13.1. The van der Waals surface area contributed by atoms with Gasteiger partial charge in [-0.2, -0.15) is 0 Å². The van der Waals surface area contributed by atoms with Crippen LogP contribution in [-0.4, -0.2) is 20.1 Å². The molecule has 4 heteroatoms. The molecule has 0 atom stereocenters. The fraction of sp³-hybridized carbons (Fsp3) is 0.136. The van der Waals surface area contributed by atoms with Crippen molar-refractivity contribution in [3.05, 3.63) is 78.1 Å². The third-order valence-corrected chi connectivity index (χ3v) is 4.61. The zero-order chi connectivity index (χ0) is 18.1. The van der Waals surface area contributed by atoms with Gasteiger partial charge in [0, 0.05) is 30.8 Å². The standard InChI is InChI=1S/C22H19NO3/c1-23(17-12-11-15-7-3-4-8-16(15)13-17)22(24)21-19(14-25-2)18-9-5-6-10-20(18)26-21/h3-13H,14H2,1-2H3. The van der Waals surface area contributed by atoms with Crippen LogP contribution >= 0.6 is 0 Å². The Labute approximate surface area is 151 Å². The summed E-state index contributed by atoms with van der Waals surface area (Å²) in [5.41, 5.74) is 2.29. The number of hydrogen-bond acceptors (Lipinski definition) is 3. The first-order chi connectivity index (χ1) is 12.7. The van der Waals surface area contributed by atoms with E-state index >= 15 is 0 Å². The van der Waals surface area contributed by atoms with Crippen molar-refractivity contribution in [1.29, 1.82) is 0 Å². The normalized spacial score (nSPS) is 11.2. The highest BCUT2D eigenvalue weighted by Crippen LogP contribution is 2.29. The Hall–Kier alpha value is -3.11. The molecule has 4 nitrogen and oxygen atoms in total. The minimum atomic E-state index is -0.191. The van der Waals surface area contributed by atoms with Crippen molar-refractivity contribution in [3.63, 3.8) is 0 Å². The minimum Gasteiger partial charge on any atom is -0.450 e. The van der Waals surface area contributed by atoms with Gasteiger partial charge in [0.1, 0.15) is 5.58 Å². The molecule has 1 amide bonds. The van der Waals surface area contributed by atoms with E-state index in [-0.39, 0.29) is 5.91 Å². The van der Waals surface area contributed by atoms with Crippen molar-refractivity contribution in [1.82, 2.24) is 0 Å². The largest absolute Gasteiger partial charge is 0.450 e. The van der Waals surface area contributed by atoms with E-state index < -0.39 is 0 Å². The monoisotopic (exact) mass is 345 g/mol. The maximum Gasteiger partial charge on any atom is 0.294 e. The lowest BCUT2D eigenvalue weighted by molar-refractivity contribution is 0.0962. The highest BCUT2D eigenvalue weighted by molar-refractivity contribution is 6.08. The van der Waals surface area contributed by atoms with Crippen LogP contribution in [0, 0.1) is 0 Å². The molecular weight excluding hydrogens is 326 g/mol. The van der Waals surface area contributed by atoms with Crippen LogP contribution in [0.15, 0.2) is 71.1 Å². The lowest BCUT2D eigenvalue weighted by atomic mass is 10.1. The van der Waals surface area contributed by atoms with E-state index in [1.165, 1.54) is 0 Å². The number of furan rings is 1. The van der Waals surface area contributed by atoms with Gasteiger partial charge in [0.15, 0.2) is 5.76 Å². The van der Waals surface area contributed by atoms with Crippen LogP contribution in [0.3, 0.4) is 0 Å². The number of para-hydroxylation sites is 1. The summed E-state index contributed by atoms with van der Waals surface area (Å²) < 4.78 is 11.2. The van der Waals surface area contributed by atoms with Gasteiger partial charge in [-0.1, -0.05) is 48.5 Å². The maximum atomic E-state index is 13.1. The molecule has 0 saturated carbocycles. The molecule has 4 aromatic rings. The van der Waals surface area contributed by atoms with Crippen molar-refractivity contribution in [2.45, 2.75) is 6.61 Å². The number of carbonyl (C=O) groups excluding carboxylic acids is 1. The number of methoxy groups -OCH3 is 1. The number of anilines is 1. The second kappa shape index (κ2) is 6.65. The molecule has 0 aliphatic carbocycles. The predicted octanol–water partition coefficient (Wildman–Crippen LogP) is 5.01. The van der Waals surface area contributed by atoms with Crippen LogP contribution in [0.25, 0.3) is 21.7 Å². The summed E-state index contributed by atoms with van der Waals surface area (Å²) in [6.45, 7) is 0.323. The van der Waals surface area contributed by atoms with E-state index in [2.05, 4.69) is 6.07 Å². The summed E-state index contributed by atoms with van der Waals surface area (Å²) in [5, 5.41) is 3.14. The number of hydrogen-bond donors (Lipinski definition) is 0. The highest BCUT2D eigenvalue weighted by Gasteiger charge is 2.24. The van der Waals surface area contributed by atoms with E-state index in [9.17, 15) is 4.79 Å². The Kier molecular flexibility index (Phi) is 4.19. The summed E-state index contributed by atoms with van der Waals surface area (Å²) in [4.78, 5) is 14.7. The molecule has 3 aromatic carbocycles. The van der Waals surface area contributed by atoms with E-state index in [0.717, 1.165) is 27.4 Å². The molecule has 1 aromatic heterocycles. The molecule has 0 spiro atoms. The Morgan fingerprint density at radius 3 is 2.54 bits per heavy atom. The zero-order valence-electron chi connectivity index (χ0n) is 14.7. The molecule has 1 heterocycles. The fourth-order valence-corrected chi connectivity index (χ4v) is 3.21. The van der Waals surface area contributed by atoms with Gasteiger partial charge in [0.05, 0.1) is 6.61 Å². The molecule has 0 radical (unpaired) electrons. The summed E-state index contributed by atoms with van der Waals surface area (Å²) in [7, 11) is 3.37. The van der Waals surface area contributed by atoms with Crippen molar-refractivity contribution in [2.75, 3.05) is 19.1 Å². The molecule has 130 valence electrons. The highest BCUT2D eigenvalue weighted by atomic mass is 16.5. The van der Waals surface area contributed by atoms with Gasteiger partial charge < -0.3 is 14.1 Å². The molecule has 0 fully saturated rings. The first kappa shape index (κ1) is 16.4. The number of fused-ring (bicyclic) bond motifs is 2. The summed E-state index contributed by atoms with van der Waals surface area (Å²) in [5.74, 6) is 0.132. The summed E-state index contributed by atoms with van der Waals surface area (Å²) in [6, 6.07) is 21.7. The van der Waals surface area contributed by atoms with Crippen LogP contribution in [0.4, 0.5) is 5.69 Å². The summed E-state index contributed by atoms with van der Waals surface area (Å²) >= 11 is 0. The van der Waals surface area contributed by atoms with E-state index in [4.69, 9.17) is 9.15 Å². The number of ether oxygens (including phenoxy) is 1. The Morgan fingerprint density at radius 2 is 1.73 bits per heavy atom. The molecule has 0 unspecified atom stereocenters. The van der Waals surface area contributed by atoms with Gasteiger partial charge in [-0.25, -0.2) is 0 Å². The second-order valence-electron chi connectivity index (χ2n) is 6.23. The van der Waals surface area contributed by atoms with E-state index in [1.807, 2.05) is 60.7 Å². The number of carbonyl (C=O) groups is 1. The first-order valence-corrected chi connectivity index (χ1v) is 8.45. The topological polar surface area (TPSA) is 42.7 Å². The van der Waals surface area contributed by atoms with Crippen molar-refractivity contribution in [3.8, 4) is 0 Å². The van der Waals surface area contributed by atoms with Crippen molar-refractivity contribution >= 4 is 33.3 Å². The predicted molar refractivity (Wildman–Crippen MR) is 104 cm³/mol. The van der Waals surface area contributed by atoms with Crippen LogP contribution in [0.1, 0.15) is 16.1 Å². The molecule has 0 N–H and O–H groups in total. The minimum absolute atomic E-state index is 0.191. The van der Waals surface area contributed by atoms with Gasteiger partial charge in [-0.05, 0) is 29.0 Å². The average Bonchev–Trinajstić information content (AvgIpc) is 3.05. The second-order valence-corrected chi connectivity index (χ2v) is 6.23. The van der Waals surface area contributed by atoms with Gasteiger partial charge >= 0.3 is 0 Å². The van der Waals surface area contributed by atoms with Gasteiger partial charge in [0.2, 0.25) is 0 Å². The molecule has 0 aliphatic rings.